The highest BCUT2D eigenvalue weighted by Crippen LogP contribution is 2.21. The summed E-state index contributed by atoms with van der Waals surface area (Å²) in [5.74, 6) is 0.865. The number of nitrogens with one attached hydrogen (secondary N) is 3. The van der Waals surface area contributed by atoms with Crippen molar-refractivity contribution >= 4 is 26.7 Å². The number of aliphatic imine (C=N–C) groups is 1. The van der Waals surface area contributed by atoms with Crippen LogP contribution in [0.25, 0.3) is 10.9 Å². The molecule has 0 spiro atoms. The number of benzene rings is 1. The van der Waals surface area contributed by atoms with Crippen molar-refractivity contribution in [1.82, 2.24) is 15.6 Å². The number of sulfone groups is 1. The van der Waals surface area contributed by atoms with Crippen LogP contribution >= 0.6 is 0 Å². The summed E-state index contributed by atoms with van der Waals surface area (Å²) in [5, 5.41) is 7.78. The van der Waals surface area contributed by atoms with Gasteiger partial charge in [0.05, 0.1) is 5.75 Å². The van der Waals surface area contributed by atoms with Gasteiger partial charge in [-0.3, -0.25) is 4.99 Å². The Labute approximate surface area is 150 Å². The molecule has 2 rings (SSSR count). The monoisotopic (exact) mass is 364 g/mol. The molecule has 1 atom stereocenters. The summed E-state index contributed by atoms with van der Waals surface area (Å²) in [6.45, 7) is 4.81. The van der Waals surface area contributed by atoms with Gasteiger partial charge in [0.15, 0.2) is 5.96 Å². The summed E-state index contributed by atoms with van der Waals surface area (Å²) in [5.41, 5.74) is 3.70. The van der Waals surface area contributed by atoms with Crippen LogP contribution in [0.4, 0.5) is 0 Å². The van der Waals surface area contributed by atoms with E-state index in [1.54, 1.807) is 7.05 Å². The Morgan fingerprint density at radius 2 is 2.12 bits per heavy atom. The van der Waals surface area contributed by atoms with Crippen LogP contribution in [-0.4, -0.2) is 51.0 Å². The van der Waals surface area contributed by atoms with E-state index < -0.39 is 9.84 Å². The van der Waals surface area contributed by atoms with Gasteiger partial charge in [-0.1, -0.05) is 18.2 Å². The predicted molar refractivity (Wildman–Crippen MR) is 105 cm³/mol. The standard InChI is InChI=1S/C18H28N4O2S/c1-13-6-5-7-16-15(12-21-17(13)16)8-10-20-18(19-3)22-14(2)9-11-25(4,23)24/h5-7,12,14,21H,8-11H2,1-4H3,(H2,19,20,22). The van der Waals surface area contributed by atoms with Crippen LogP contribution in [0.15, 0.2) is 29.4 Å². The molecule has 1 heterocycles. The highest BCUT2D eigenvalue weighted by molar-refractivity contribution is 7.90. The summed E-state index contributed by atoms with van der Waals surface area (Å²) in [4.78, 5) is 7.55. The molecule has 3 N–H and O–H groups in total. The first-order valence-corrected chi connectivity index (χ1v) is 10.6. The number of para-hydroxylation sites is 1. The van der Waals surface area contributed by atoms with E-state index in [0.717, 1.165) is 13.0 Å². The number of fused-ring (bicyclic) bond motifs is 1. The third kappa shape index (κ3) is 5.77. The van der Waals surface area contributed by atoms with Crippen molar-refractivity contribution in [3.8, 4) is 0 Å². The highest BCUT2D eigenvalue weighted by Gasteiger charge is 2.10. The number of aryl methyl sites for hydroxylation is 1. The van der Waals surface area contributed by atoms with Crippen molar-refractivity contribution in [3.05, 3.63) is 35.5 Å². The van der Waals surface area contributed by atoms with Crippen molar-refractivity contribution in [3.63, 3.8) is 0 Å². The molecular weight excluding hydrogens is 336 g/mol. The fourth-order valence-corrected chi connectivity index (χ4v) is 3.56. The average molecular weight is 365 g/mol. The number of rotatable bonds is 7. The lowest BCUT2D eigenvalue weighted by Crippen LogP contribution is -2.43. The summed E-state index contributed by atoms with van der Waals surface area (Å²) >= 11 is 0. The van der Waals surface area contributed by atoms with Crippen LogP contribution < -0.4 is 10.6 Å². The summed E-state index contributed by atoms with van der Waals surface area (Å²) in [6, 6.07) is 6.35. The predicted octanol–water partition coefficient (Wildman–Crippen LogP) is 2.01. The maximum Gasteiger partial charge on any atom is 0.191 e. The van der Waals surface area contributed by atoms with Gasteiger partial charge in [0.2, 0.25) is 0 Å². The first kappa shape index (κ1) is 19.3. The van der Waals surface area contributed by atoms with E-state index in [1.165, 1.54) is 28.3 Å². The van der Waals surface area contributed by atoms with Gasteiger partial charge in [-0.05, 0) is 37.8 Å². The van der Waals surface area contributed by atoms with Crippen LogP contribution in [0.1, 0.15) is 24.5 Å². The molecule has 138 valence electrons. The molecule has 0 fully saturated rings. The number of H-pyrrole nitrogens is 1. The van der Waals surface area contributed by atoms with Crippen LogP contribution in [0.5, 0.6) is 0 Å². The third-order valence-corrected chi connectivity index (χ3v) is 5.20. The topological polar surface area (TPSA) is 86.3 Å². The minimum Gasteiger partial charge on any atom is -0.361 e. The molecule has 1 unspecified atom stereocenters. The maximum absolute atomic E-state index is 11.2. The van der Waals surface area contributed by atoms with Gasteiger partial charge in [0, 0.05) is 43.0 Å². The SMILES string of the molecule is CN=C(NCCc1c[nH]c2c(C)cccc12)NC(C)CCS(C)(=O)=O. The molecule has 0 amide bonds. The van der Waals surface area contributed by atoms with Crippen molar-refractivity contribution < 1.29 is 8.42 Å². The molecule has 0 aliphatic carbocycles. The molecule has 25 heavy (non-hydrogen) atoms. The zero-order chi connectivity index (χ0) is 18.4. The minimum absolute atomic E-state index is 0.0386. The van der Waals surface area contributed by atoms with Gasteiger partial charge >= 0.3 is 0 Å². The van der Waals surface area contributed by atoms with E-state index in [-0.39, 0.29) is 11.8 Å². The lowest BCUT2D eigenvalue weighted by atomic mass is 10.1. The third-order valence-electron chi connectivity index (χ3n) is 4.22. The number of aromatic nitrogens is 1. The molecular formula is C18H28N4O2S. The van der Waals surface area contributed by atoms with Gasteiger partial charge in [0.1, 0.15) is 9.84 Å². The molecule has 7 heteroatoms. The number of hydrogen-bond donors (Lipinski definition) is 3. The van der Waals surface area contributed by atoms with Gasteiger partial charge in [-0.2, -0.15) is 0 Å². The van der Waals surface area contributed by atoms with Gasteiger partial charge in [-0.25, -0.2) is 8.42 Å². The summed E-state index contributed by atoms with van der Waals surface area (Å²) in [6.07, 6.45) is 4.75. The molecule has 1 aromatic carbocycles. The zero-order valence-electron chi connectivity index (χ0n) is 15.4. The molecule has 0 saturated heterocycles. The van der Waals surface area contributed by atoms with Gasteiger partial charge < -0.3 is 15.6 Å². The number of nitrogens with zero attached hydrogens (tertiary/aromatic N) is 1. The second-order valence-corrected chi connectivity index (χ2v) is 8.78. The van der Waals surface area contributed by atoms with E-state index in [9.17, 15) is 8.42 Å². The molecule has 0 saturated carbocycles. The molecule has 6 nitrogen and oxygen atoms in total. The van der Waals surface area contributed by atoms with Gasteiger partial charge in [-0.15, -0.1) is 0 Å². The molecule has 0 aliphatic rings. The maximum atomic E-state index is 11.2. The number of guanidine groups is 1. The molecule has 0 bridgehead atoms. The highest BCUT2D eigenvalue weighted by atomic mass is 32.2. The second-order valence-electron chi connectivity index (χ2n) is 6.52. The second kappa shape index (κ2) is 8.38. The molecule has 0 radical (unpaired) electrons. The molecule has 1 aromatic heterocycles. The zero-order valence-corrected chi connectivity index (χ0v) is 16.2. The smallest absolute Gasteiger partial charge is 0.191 e. The lowest BCUT2D eigenvalue weighted by Gasteiger charge is -2.17. The van der Waals surface area contributed by atoms with E-state index in [4.69, 9.17) is 0 Å². The van der Waals surface area contributed by atoms with Crippen molar-refractivity contribution in [2.24, 2.45) is 4.99 Å². The fourth-order valence-electron chi connectivity index (χ4n) is 2.78. The molecule has 2 aromatic rings. The van der Waals surface area contributed by atoms with Crippen LogP contribution in [0.2, 0.25) is 0 Å². The Morgan fingerprint density at radius 1 is 1.36 bits per heavy atom. The van der Waals surface area contributed by atoms with Crippen LogP contribution in [0, 0.1) is 6.92 Å². The fraction of sp³-hybridized carbons (Fsp3) is 0.500. The van der Waals surface area contributed by atoms with E-state index in [1.807, 2.05) is 6.92 Å². The van der Waals surface area contributed by atoms with Crippen LogP contribution in [0.3, 0.4) is 0 Å². The first-order valence-electron chi connectivity index (χ1n) is 8.50. The number of aromatic amines is 1. The Hall–Kier alpha value is -2.02. The van der Waals surface area contributed by atoms with E-state index in [0.29, 0.717) is 12.4 Å². The average Bonchev–Trinajstić information content (AvgIpc) is 2.96. The van der Waals surface area contributed by atoms with E-state index >= 15 is 0 Å². The largest absolute Gasteiger partial charge is 0.361 e. The van der Waals surface area contributed by atoms with Gasteiger partial charge in [0.25, 0.3) is 0 Å². The normalized spacial score (nSPS) is 13.8. The van der Waals surface area contributed by atoms with Crippen molar-refractivity contribution in [2.75, 3.05) is 25.6 Å². The first-order chi connectivity index (χ1) is 11.8. The van der Waals surface area contributed by atoms with Crippen molar-refractivity contribution in [2.45, 2.75) is 32.7 Å². The Bertz CT molecular complexity index is 840. The quantitative estimate of drug-likeness (QED) is 0.518. The van der Waals surface area contributed by atoms with Crippen LogP contribution in [-0.2, 0) is 16.3 Å². The Balaban J connectivity index is 1.85. The molecule has 0 aliphatic heterocycles. The Kier molecular flexibility index (Phi) is 6.47. The summed E-state index contributed by atoms with van der Waals surface area (Å²) in [7, 11) is -1.22. The lowest BCUT2D eigenvalue weighted by molar-refractivity contribution is 0.581. The number of hydrogen-bond acceptors (Lipinski definition) is 3. The summed E-state index contributed by atoms with van der Waals surface area (Å²) < 4.78 is 22.5. The van der Waals surface area contributed by atoms with Crippen molar-refractivity contribution in [1.29, 1.82) is 0 Å². The van der Waals surface area contributed by atoms with E-state index in [2.05, 4.69) is 51.9 Å². The Morgan fingerprint density at radius 3 is 2.80 bits per heavy atom. The minimum atomic E-state index is -2.94.